The molecule has 0 aliphatic rings. The predicted octanol–water partition coefficient (Wildman–Crippen LogP) is 4.57. The van der Waals surface area contributed by atoms with Gasteiger partial charge in [-0.15, -0.1) is 0 Å². The van der Waals surface area contributed by atoms with Gasteiger partial charge in [0.25, 0.3) is 0 Å². The molecular weight excluding hydrogens is 230 g/mol. The van der Waals surface area contributed by atoms with Gasteiger partial charge >= 0.3 is 0 Å². The molecule has 0 N–H and O–H groups in total. The molecule has 0 radical (unpaired) electrons. The van der Waals surface area contributed by atoms with Crippen LogP contribution in [0.25, 0.3) is 5.57 Å². The van der Waals surface area contributed by atoms with Crippen LogP contribution in [0, 0.1) is 0 Å². The van der Waals surface area contributed by atoms with Crippen LogP contribution >= 0.6 is 0 Å². The number of anilines is 1. The van der Waals surface area contributed by atoms with Crippen molar-refractivity contribution in [3.05, 3.63) is 72.3 Å². The maximum absolute atomic E-state index is 4.26. The van der Waals surface area contributed by atoms with Gasteiger partial charge in [0.05, 0.1) is 0 Å². The van der Waals surface area contributed by atoms with Crippen molar-refractivity contribution in [3.63, 3.8) is 0 Å². The van der Waals surface area contributed by atoms with Crippen LogP contribution in [0.4, 0.5) is 5.69 Å². The van der Waals surface area contributed by atoms with Crippen LogP contribution in [0.5, 0.6) is 0 Å². The molecule has 2 aromatic carbocycles. The van der Waals surface area contributed by atoms with Crippen molar-refractivity contribution < 1.29 is 0 Å². The molecule has 1 atom stereocenters. The molecule has 0 saturated heterocycles. The van der Waals surface area contributed by atoms with Crippen molar-refractivity contribution in [2.75, 3.05) is 19.0 Å². The quantitative estimate of drug-likeness (QED) is 0.769. The second-order valence-electron chi connectivity index (χ2n) is 5.10. The molecule has 0 spiro atoms. The van der Waals surface area contributed by atoms with Crippen molar-refractivity contribution in [3.8, 4) is 0 Å². The lowest BCUT2D eigenvalue weighted by Gasteiger charge is -2.17. The average Bonchev–Trinajstić information content (AvgIpc) is 2.46. The summed E-state index contributed by atoms with van der Waals surface area (Å²) in [6, 6.07) is 19.1. The molecule has 0 bridgehead atoms. The van der Waals surface area contributed by atoms with E-state index in [-0.39, 0.29) is 0 Å². The lowest BCUT2D eigenvalue weighted by Crippen LogP contribution is -2.08. The first-order valence-electron chi connectivity index (χ1n) is 6.61. The van der Waals surface area contributed by atoms with Crippen LogP contribution in [-0.2, 0) is 0 Å². The van der Waals surface area contributed by atoms with E-state index in [0.717, 1.165) is 5.57 Å². The van der Waals surface area contributed by atoms with Gasteiger partial charge in [0, 0.05) is 25.7 Å². The third-order valence-electron chi connectivity index (χ3n) is 3.58. The lowest BCUT2D eigenvalue weighted by atomic mass is 9.89. The monoisotopic (exact) mass is 251 g/mol. The van der Waals surface area contributed by atoms with Crippen molar-refractivity contribution >= 4 is 11.3 Å². The van der Waals surface area contributed by atoms with Crippen LogP contribution < -0.4 is 4.90 Å². The predicted molar refractivity (Wildman–Crippen MR) is 84.7 cm³/mol. The van der Waals surface area contributed by atoms with Gasteiger partial charge in [-0.3, -0.25) is 0 Å². The number of hydrogen-bond acceptors (Lipinski definition) is 1. The van der Waals surface area contributed by atoms with Crippen molar-refractivity contribution in [1.29, 1.82) is 0 Å². The molecule has 2 rings (SSSR count). The molecule has 1 heteroatoms. The Morgan fingerprint density at radius 3 is 2.05 bits per heavy atom. The van der Waals surface area contributed by atoms with Gasteiger partial charge in [-0.2, -0.15) is 0 Å². The summed E-state index contributed by atoms with van der Waals surface area (Å²) in [5.41, 5.74) is 4.89. The van der Waals surface area contributed by atoms with Crippen LogP contribution in [0.15, 0.2) is 61.2 Å². The van der Waals surface area contributed by atoms with Gasteiger partial charge in [-0.1, -0.05) is 56.0 Å². The summed E-state index contributed by atoms with van der Waals surface area (Å²) in [5.74, 6) is 0.339. The lowest BCUT2D eigenvalue weighted by molar-refractivity contribution is 0.991. The minimum atomic E-state index is 0.339. The van der Waals surface area contributed by atoms with E-state index in [1.165, 1.54) is 16.8 Å². The maximum atomic E-state index is 4.26. The van der Waals surface area contributed by atoms with Gasteiger partial charge in [0.1, 0.15) is 0 Å². The Hall–Kier alpha value is -2.02. The molecule has 0 aliphatic carbocycles. The first-order chi connectivity index (χ1) is 9.09. The van der Waals surface area contributed by atoms with E-state index in [0.29, 0.717) is 5.92 Å². The summed E-state index contributed by atoms with van der Waals surface area (Å²) in [6.07, 6.45) is 0. The normalized spacial score (nSPS) is 11.9. The maximum Gasteiger partial charge on any atom is 0.0361 e. The largest absolute Gasteiger partial charge is 0.378 e. The SMILES string of the molecule is C=C(c1ccc(N(C)C)cc1)C(C)c1ccccc1. The highest BCUT2D eigenvalue weighted by molar-refractivity contribution is 5.70. The van der Waals surface area contributed by atoms with Crippen molar-refractivity contribution in [1.82, 2.24) is 0 Å². The first kappa shape index (κ1) is 13.4. The number of allylic oxidation sites excluding steroid dienone is 1. The standard InChI is InChI=1S/C18H21N/c1-14(16-8-6-5-7-9-16)15(2)17-10-12-18(13-11-17)19(3)4/h5-14H,2H2,1,3-4H3. The van der Waals surface area contributed by atoms with E-state index >= 15 is 0 Å². The summed E-state index contributed by atoms with van der Waals surface area (Å²) in [6.45, 7) is 6.47. The summed E-state index contributed by atoms with van der Waals surface area (Å²) in [7, 11) is 4.10. The molecule has 0 aromatic heterocycles. The van der Waals surface area contributed by atoms with Crippen LogP contribution in [-0.4, -0.2) is 14.1 Å². The first-order valence-corrected chi connectivity index (χ1v) is 6.61. The van der Waals surface area contributed by atoms with Crippen molar-refractivity contribution in [2.45, 2.75) is 12.8 Å². The Balaban J connectivity index is 2.20. The Morgan fingerprint density at radius 2 is 1.53 bits per heavy atom. The van der Waals surface area contributed by atoms with Gasteiger partial charge in [-0.05, 0) is 28.8 Å². The topological polar surface area (TPSA) is 3.24 Å². The molecule has 0 heterocycles. The Morgan fingerprint density at radius 1 is 0.947 bits per heavy atom. The fourth-order valence-electron chi connectivity index (χ4n) is 2.17. The molecule has 1 nitrogen and oxygen atoms in total. The smallest absolute Gasteiger partial charge is 0.0361 e. The molecular formula is C18H21N. The summed E-state index contributed by atoms with van der Waals surface area (Å²) >= 11 is 0. The summed E-state index contributed by atoms with van der Waals surface area (Å²) in [5, 5.41) is 0. The molecule has 98 valence electrons. The van der Waals surface area contributed by atoms with Gasteiger partial charge in [0.2, 0.25) is 0 Å². The van der Waals surface area contributed by atoms with E-state index in [1.54, 1.807) is 0 Å². The zero-order valence-corrected chi connectivity index (χ0v) is 11.9. The van der Waals surface area contributed by atoms with E-state index < -0.39 is 0 Å². The van der Waals surface area contributed by atoms with E-state index in [9.17, 15) is 0 Å². The highest BCUT2D eigenvalue weighted by Crippen LogP contribution is 2.30. The minimum absolute atomic E-state index is 0.339. The van der Waals surface area contributed by atoms with Gasteiger partial charge in [-0.25, -0.2) is 0 Å². The second kappa shape index (κ2) is 5.75. The third kappa shape index (κ3) is 3.05. The second-order valence-corrected chi connectivity index (χ2v) is 5.10. The minimum Gasteiger partial charge on any atom is -0.378 e. The number of nitrogens with zero attached hydrogens (tertiary/aromatic N) is 1. The summed E-state index contributed by atoms with van der Waals surface area (Å²) in [4.78, 5) is 2.10. The van der Waals surface area contributed by atoms with Gasteiger partial charge in [0.15, 0.2) is 0 Å². The average molecular weight is 251 g/mol. The van der Waals surface area contributed by atoms with Crippen LogP contribution in [0.2, 0.25) is 0 Å². The molecule has 0 amide bonds. The fraction of sp³-hybridized carbons (Fsp3) is 0.222. The van der Waals surface area contributed by atoms with Crippen LogP contribution in [0.1, 0.15) is 24.0 Å². The molecule has 0 saturated carbocycles. The Kier molecular flexibility index (Phi) is 4.06. The fourth-order valence-corrected chi connectivity index (χ4v) is 2.17. The Bertz CT molecular complexity index is 538. The molecule has 0 aliphatic heterocycles. The van der Waals surface area contributed by atoms with E-state index in [4.69, 9.17) is 0 Å². The Labute approximate surface area is 116 Å². The van der Waals surface area contributed by atoms with Crippen molar-refractivity contribution in [2.24, 2.45) is 0 Å². The molecule has 19 heavy (non-hydrogen) atoms. The number of benzene rings is 2. The van der Waals surface area contributed by atoms with E-state index in [1.807, 2.05) is 6.07 Å². The van der Waals surface area contributed by atoms with E-state index in [2.05, 4.69) is 81.0 Å². The molecule has 1 unspecified atom stereocenters. The highest BCUT2D eigenvalue weighted by Gasteiger charge is 2.11. The number of rotatable bonds is 4. The third-order valence-corrected chi connectivity index (χ3v) is 3.58. The molecule has 2 aromatic rings. The zero-order valence-electron chi connectivity index (χ0n) is 11.9. The van der Waals surface area contributed by atoms with Crippen LogP contribution in [0.3, 0.4) is 0 Å². The zero-order chi connectivity index (χ0) is 13.8. The highest BCUT2D eigenvalue weighted by atomic mass is 15.1. The van der Waals surface area contributed by atoms with Gasteiger partial charge < -0.3 is 4.90 Å². The molecule has 0 fully saturated rings. The number of hydrogen-bond donors (Lipinski definition) is 0. The summed E-state index contributed by atoms with van der Waals surface area (Å²) < 4.78 is 0.